The molecule has 1 aromatic heterocycles. The lowest BCUT2D eigenvalue weighted by Crippen LogP contribution is -2.61. The standard InChI is InChI=1S/C18H29N5O2/c1-22-12-8-18(9-13-22,23-10-4-3-5-11-23)14-19-17(24)15-6-7-16(25-2)21-20-15/h6-7H,3-5,8-14H2,1-2H3,(H,19,24). The lowest BCUT2D eigenvalue weighted by molar-refractivity contribution is 0.0144. The molecule has 0 aromatic carbocycles. The number of likely N-dealkylation sites (tertiary alicyclic amines) is 2. The molecule has 0 radical (unpaired) electrons. The maximum Gasteiger partial charge on any atom is 0.271 e. The summed E-state index contributed by atoms with van der Waals surface area (Å²) in [7, 11) is 3.71. The van der Waals surface area contributed by atoms with Crippen LogP contribution in [-0.2, 0) is 0 Å². The highest BCUT2D eigenvalue weighted by molar-refractivity contribution is 5.92. The Bertz CT molecular complexity index is 563. The third-order valence-electron chi connectivity index (χ3n) is 5.60. The van der Waals surface area contributed by atoms with Gasteiger partial charge in [-0.1, -0.05) is 6.42 Å². The van der Waals surface area contributed by atoms with Crippen LogP contribution in [0.3, 0.4) is 0 Å². The molecule has 25 heavy (non-hydrogen) atoms. The number of carbonyl (C=O) groups excluding carboxylic acids is 1. The summed E-state index contributed by atoms with van der Waals surface area (Å²) in [6.07, 6.45) is 6.03. The molecular formula is C18H29N5O2. The first-order chi connectivity index (χ1) is 12.1. The van der Waals surface area contributed by atoms with Gasteiger partial charge in [0, 0.05) is 18.2 Å². The summed E-state index contributed by atoms with van der Waals surface area (Å²) in [5, 5.41) is 10.9. The van der Waals surface area contributed by atoms with Crippen LogP contribution in [0.5, 0.6) is 5.88 Å². The van der Waals surface area contributed by atoms with Crippen molar-refractivity contribution < 1.29 is 9.53 Å². The highest BCUT2D eigenvalue weighted by Gasteiger charge is 2.39. The number of hydrogen-bond donors (Lipinski definition) is 1. The van der Waals surface area contributed by atoms with E-state index in [2.05, 4.69) is 32.4 Å². The Labute approximate surface area is 149 Å². The molecule has 1 amide bonds. The van der Waals surface area contributed by atoms with Crippen molar-refractivity contribution in [2.45, 2.75) is 37.6 Å². The fourth-order valence-electron chi connectivity index (χ4n) is 3.89. The van der Waals surface area contributed by atoms with Crippen LogP contribution in [-0.4, -0.2) is 78.3 Å². The Kier molecular flexibility index (Phi) is 5.86. The molecule has 3 heterocycles. The summed E-state index contributed by atoms with van der Waals surface area (Å²) in [6, 6.07) is 3.32. The molecule has 3 rings (SSSR count). The van der Waals surface area contributed by atoms with E-state index in [-0.39, 0.29) is 11.4 Å². The first-order valence-electron chi connectivity index (χ1n) is 9.22. The van der Waals surface area contributed by atoms with Crippen LogP contribution < -0.4 is 10.1 Å². The van der Waals surface area contributed by atoms with E-state index < -0.39 is 0 Å². The second-order valence-corrected chi connectivity index (χ2v) is 7.22. The summed E-state index contributed by atoms with van der Waals surface area (Å²) in [4.78, 5) is 17.5. The largest absolute Gasteiger partial charge is 0.480 e. The number of rotatable bonds is 5. The van der Waals surface area contributed by atoms with E-state index in [0.717, 1.165) is 39.0 Å². The number of nitrogens with zero attached hydrogens (tertiary/aromatic N) is 4. The zero-order chi connectivity index (χ0) is 17.7. The first kappa shape index (κ1) is 18.1. The normalized spacial score (nSPS) is 21.7. The van der Waals surface area contributed by atoms with Gasteiger partial charge < -0.3 is 15.0 Å². The third kappa shape index (κ3) is 4.27. The minimum absolute atomic E-state index is 0.0719. The summed E-state index contributed by atoms with van der Waals surface area (Å²) in [6.45, 7) is 5.11. The van der Waals surface area contributed by atoms with Crippen LogP contribution in [0.25, 0.3) is 0 Å². The van der Waals surface area contributed by atoms with Crippen molar-refractivity contribution in [1.82, 2.24) is 25.3 Å². The lowest BCUT2D eigenvalue weighted by Gasteiger charge is -2.50. The van der Waals surface area contributed by atoms with Crippen LogP contribution in [0.4, 0.5) is 0 Å². The van der Waals surface area contributed by atoms with Crippen LogP contribution in [0.2, 0.25) is 0 Å². The highest BCUT2D eigenvalue weighted by atomic mass is 16.5. The van der Waals surface area contributed by atoms with Crippen molar-refractivity contribution in [3.05, 3.63) is 17.8 Å². The average Bonchev–Trinajstić information content (AvgIpc) is 2.68. The number of nitrogens with one attached hydrogen (secondary N) is 1. The predicted molar refractivity (Wildman–Crippen MR) is 95.8 cm³/mol. The van der Waals surface area contributed by atoms with Gasteiger partial charge in [0.05, 0.1) is 7.11 Å². The maximum absolute atomic E-state index is 12.5. The van der Waals surface area contributed by atoms with Gasteiger partial charge in [-0.2, -0.15) is 0 Å². The Balaban J connectivity index is 1.66. The van der Waals surface area contributed by atoms with E-state index in [1.54, 1.807) is 12.1 Å². The third-order valence-corrected chi connectivity index (χ3v) is 5.60. The molecule has 7 heteroatoms. The fourth-order valence-corrected chi connectivity index (χ4v) is 3.89. The number of methoxy groups -OCH3 is 1. The zero-order valence-electron chi connectivity index (χ0n) is 15.3. The summed E-state index contributed by atoms with van der Waals surface area (Å²) in [5.41, 5.74) is 0.408. The van der Waals surface area contributed by atoms with E-state index in [1.165, 1.54) is 26.4 Å². The number of carbonyl (C=O) groups is 1. The molecule has 0 saturated carbocycles. The molecule has 0 aliphatic carbocycles. The van der Waals surface area contributed by atoms with Gasteiger partial charge in [0.25, 0.3) is 5.91 Å². The van der Waals surface area contributed by atoms with E-state index >= 15 is 0 Å². The molecule has 2 fully saturated rings. The minimum atomic E-state index is -0.162. The molecule has 2 saturated heterocycles. The number of piperidine rings is 2. The first-order valence-corrected chi connectivity index (χ1v) is 9.22. The quantitative estimate of drug-likeness (QED) is 0.862. The molecule has 0 atom stereocenters. The second-order valence-electron chi connectivity index (χ2n) is 7.22. The van der Waals surface area contributed by atoms with Crippen molar-refractivity contribution in [2.24, 2.45) is 0 Å². The molecule has 0 spiro atoms. The van der Waals surface area contributed by atoms with Crippen molar-refractivity contribution >= 4 is 5.91 Å². The Morgan fingerprint density at radius 2 is 1.88 bits per heavy atom. The molecule has 138 valence electrons. The molecule has 7 nitrogen and oxygen atoms in total. The predicted octanol–water partition coefficient (Wildman–Crippen LogP) is 1.17. The van der Waals surface area contributed by atoms with Gasteiger partial charge in [-0.05, 0) is 65.0 Å². The number of amides is 1. The molecule has 0 bridgehead atoms. The van der Waals surface area contributed by atoms with Crippen molar-refractivity contribution in [3.8, 4) is 5.88 Å². The monoisotopic (exact) mass is 347 g/mol. The van der Waals surface area contributed by atoms with Gasteiger partial charge >= 0.3 is 0 Å². The maximum atomic E-state index is 12.5. The van der Waals surface area contributed by atoms with E-state index in [9.17, 15) is 4.79 Å². The van der Waals surface area contributed by atoms with Crippen LogP contribution in [0.15, 0.2) is 12.1 Å². The molecule has 0 unspecified atom stereocenters. The van der Waals surface area contributed by atoms with Crippen LogP contribution in [0.1, 0.15) is 42.6 Å². The van der Waals surface area contributed by atoms with Gasteiger partial charge in [0.2, 0.25) is 5.88 Å². The topological polar surface area (TPSA) is 70.6 Å². The van der Waals surface area contributed by atoms with E-state index in [0.29, 0.717) is 18.1 Å². The smallest absolute Gasteiger partial charge is 0.271 e. The Morgan fingerprint density at radius 1 is 1.16 bits per heavy atom. The van der Waals surface area contributed by atoms with E-state index in [4.69, 9.17) is 4.74 Å². The summed E-state index contributed by atoms with van der Waals surface area (Å²) >= 11 is 0. The molecule has 1 N–H and O–H groups in total. The summed E-state index contributed by atoms with van der Waals surface area (Å²) < 4.78 is 4.99. The van der Waals surface area contributed by atoms with Gasteiger partial charge in [-0.3, -0.25) is 9.69 Å². The van der Waals surface area contributed by atoms with Gasteiger partial charge in [0.15, 0.2) is 5.69 Å². The lowest BCUT2D eigenvalue weighted by atomic mass is 9.84. The van der Waals surface area contributed by atoms with E-state index in [1.807, 2.05) is 0 Å². The molecular weight excluding hydrogens is 318 g/mol. The van der Waals surface area contributed by atoms with Crippen LogP contribution in [0, 0.1) is 0 Å². The van der Waals surface area contributed by atoms with Crippen molar-refractivity contribution in [2.75, 3.05) is 46.9 Å². The average molecular weight is 347 g/mol. The Hall–Kier alpha value is -1.73. The van der Waals surface area contributed by atoms with Gasteiger partial charge in [0.1, 0.15) is 0 Å². The van der Waals surface area contributed by atoms with Crippen molar-refractivity contribution in [1.29, 1.82) is 0 Å². The number of ether oxygens (including phenoxy) is 1. The van der Waals surface area contributed by atoms with Crippen molar-refractivity contribution in [3.63, 3.8) is 0 Å². The summed E-state index contributed by atoms with van der Waals surface area (Å²) in [5.74, 6) is 0.252. The number of aromatic nitrogens is 2. The Morgan fingerprint density at radius 3 is 2.48 bits per heavy atom. The SMILES string of the molecule is COc1ccc(C(=O)NCC2(N3CCCCC3)CCN(C)CC2)nn1. The van der Waals surface area contributed by atoms with Gasteiger partial charge in [-0.25, -0.2) is 0 Å². The zero-order valence-corrected chi connectivity index (χ0v) is 15.3. The van der Waals surface area contributed by atoms with Gasteiger partial charge in [-0.15, -0.1) is 10.2 Å². The number of hydrogen-bond acceptors (Lipinski definition) is 6. The molecule has 2 aliphatic rings. The van der Waals surface area contributed by atoms with Crippen LogP contribution >= 0.6 is 0 Å². The molecule has 1 aromatic rings. The molecule has 2 aliphatic heterocycles. The second kappa shape index (κ2) is 8.10. The minimum Gasteiger partial charge on any atom is -0.480 e. The highest BCUT2D eigenvalue weighted by Crippen LogP contribution is 2.30. The fraction of sp³-hybridized carbons (Fsp3) is 0.722.